The highest BCUT2D eigenvalue weighted by Gasteiger charge is 2.33. The van der Waals surface area contributed by atoms with Gasteiger partial charge in [-0.2, -0.15) is 0 Å². The lowest BCUT2D eigenvalue weighted by Gasteiger charge is -2.20. The van der Waals surface area contributed by atoms with Gasteiger partial charge in [0.05, 0.1) is 5.84 Å². The first kappa shape index (κ1) is 10.5. The van der Waals surface area contributed by atoms with E-state index in [2.05, 4.69) is 18.9 Å². The molecular weight excluding hydrogens is 162 g/mol. The Labute approximate surface area is 80.8 Å². The van der Waals surface area contributed by atoms with Gasteiger partial charge in [0, 0.05) is 19.0 Å². The van der Waals surface area contributed by atoms with Crippen molar-refractivity contribution in [2.45, 2.75) is 20.3 Å². The molecule has 0 aromatic heterocycles. The summed E-state index contributed by atoms with van der Waals surface area (Å²) in [6.07, 6.45) is 1.37. The van der Waals surface area contributed by atoms with Crippen molar-refractivity contribution in [2.75, 3.05) is 20.1 Å². The third-order valence-corrected chi connectivity index (χ3v) is 2.94. The second kappa shape index (κ2) is 4.09. The molecule has 0 bridgehead atoms. The maximum absolute atomic E-state index is 7.28. The summed E-state index contributed by atoms with van der Waals surface area (Å²) in [4.78, 5) is 2.29. The Bertz CT molecular complexity index is 191. The molecule has 1 rings (SSSR count). The average molecular weight is 183 g/mol. The molecule has 0 amide bonds. The molecule has 0 heterocycles. The highest BCUT2D eigenvalue weighted by Crippen LogP contribution is 2.37. The fourth-order valence-electron chi connectivity index (χ4n) is 1.69. The molecule has 0 aromatic carbocycles. The predicted molar refractivity (Wildman–Crippen MR) is 55.8 cm³/mol. The average Bonchev–Trinajstić information content (AvgIpc) is 2.65. The van der Waals surface area contributed by atoms with E-state index in [0.717, 1.165) is 18.4 Å². The first-order valence-electron chi connectivity index (χ1n) is 5.03. The van der Waals surface area contributed by atoms with Gasteiger partial charge in [0.25, 0.3) is 0 Å². The van der Waals surface area contributed by atoms with Crippen LogP contribution in [0.5, 0.6) is 0 Å². The smallest absolute Gasteiger partial charge is 0.0947 e. The Hall–Kier alpha value is -0.570. The molecule has 1 aliphatic rings. The number of nitrogens with zero attached hydrogens (tertiary/aromatic N) is 1. The minimum atomic E-state index is 0.194. The van der Waals surface area contributed by atoms with Gasteiger partial charge >= 0.3 is 0 Å². The summed E-state index contributed by atoms with van der Waals surface area (Å²) in [6, 6.07) is 0. The molecule has 0 radical (unpaired) electrons. The zero-order chi connectivity index (χ0) is 10.0. The Balaban J connectivity index is 2.17. The van der Waals surface area contributed by atoms with Crippen LogP contribution in [0, 0.1) is 23.2 Å². The molecule has 3 nitrogen and oxygen atoms in total. The van der Waals surface area contributed by atoms with Crippen LogP contribution in [0.1, 0.15) is 20.3 Å². The lowest BCUT2D eigenvalue weighted by Crippen LogP contribution is -2.33. The van der Waals surface area contributed by atoms with Crippen molar-refractivity contribution in [1.29, 1.82) is 5.41 Å². The molecule has 1 fully saturated rings. The Morgan fingerprint density at radius 2 is 2.23 bits per heavy atom. The molecule has 3 atom stereocenters. The Morgan fingerprint density at radius 1 is 1.69 bits per heavy atom. The van der Waals surface area contributed by atoms with Crippen molar-refractivity contribution in [2.24, 2.45) is 23.5 Å². The molecular formula is C10H21N3. The van der Waals surface area contributed by atoms with E-state index in [1.165, 1.54) is 13.0 Å². The number of rotatable bonds is 5. The first-order chi connectivity index (χ1) is 6.00. The van der Waals surface area contributed by atoms with Gasteiger partial charge in [-0.15, -0.1) is 0 Å². The van der Waals surface area contributed by atoms with Crippen molar-refractivity contribution in [1.82, 2.24) is 4.90 Å². The van der Waals surface area contributed by atoms with Gasteiger partial charge in [0.1, 0.15) is 0 Å². The summed E-state index contributed by atoms with van der Waals surface area (Å²) >= 11 is 0. The Morgan fingerprint density at radius 3 is 2.62 bits per heavy atom. The van der Waals surface area contributed by atoms with Crippen LogP contribution in [0.25, 0.3) is 0 Å². The van der Waals surface area contributed by atoms with Gasteiger partial charge in [0.2, 0.25) is 0 Å². The summed E-state index contributed by atoms with van der Waals surface area (Å²) in [7, 11) is 2.12. The van der Waals surface area contributed by atoms with Crippen LogP contribution in [0.4, 0.5) is 0 Å². The first-order valence-corrected chi connectivity index (χ1v) is 5.03. The third-order valence-electron chi connectivity index (χ3n) is 2.94. The van der Waals surface area contributed by atoms with Crippen molar-refractivity contribution in [3.05, 3.63) is 0 Å². The minimum Gasteiger partial charge on any atom is -0.387 e. The summed E-state index contributed by atoms with van der Waals surface area (Å²) in [5.74, 6) is 2.30. The van der Waals surface area contributed by atoms with Gasteiger partial charge in [-0.05, 0) is 25.3 Å². The monoisotopic (exact) mass is 183 g/mol. The molecule has 0 aliphatic heterocycles. The van der Waals surface area contributed by atoms with Gasteiger partial charge in [-0.1, -0.05) is 13.8 Å². The van der Waals surface area contributed by atoms with Crippen LogP contribution < -0.4 is 5.73 Å². The van der Waals surface area contributed by atoms with Crippen LogP contribution in [-0.2, 0) is 0 Å². The molecule has 3 unspecified atom stereocenters. The molecule has 1 aliphatic carbocycles. The number of hydrogen-bond donors (Lipinski definition) is 2. The molecule has 3 N–H and O–H groups in total. The highest BCUT2D eigenvalue weighted by atomic mass is 15.1. The molecule has 13 heavy (non-hydrogen) atoms. The van der Waals surface area contributed by atoms with E-state index in [0.29, 0.717) is 5.84 Å². The zero-order valence-electron chi connectivity index (χ0n) is 8.88. The quantitative estimate of drug-likeness (QED) is 0.496. The van der Waals surface area contributed by atoms with E-state index in [-0.39, 0.29) is 5.92 Å². The summed E-state index contributed by atoms with van der Waals surface area (Å²) in [5, 5.41) is 7.28. The zero-order valence-corrected chi connectivity index (χ0v) is 8.88. The molecule has 76 valence electrons. The minimum absolute atomic E-state index is 0.194. The second-order valence-electron chi connectivity index (χ2n) is 4.55. The van der Waals surface area contributed by atoms with Crippen LogP contribution in [0.2, 0.25) is 0 Å². The lowest BCUT2D eigenvalue weighted by atomic mass is 10.1. The maximum Gasteiger partial charge on any atom is 0.0947 e. The molecule has 0 aromatic rings. The molecule has 3 heteroatoms. The largest absolute Gasteiger partial charge is 0.387 e. The van der Waals surface area contributed by atoms with E-state index in [9.17, 15) is 0 Å². The summed E-state index contributed by atoms with van der Waals surface area (Å²) in [6.45, 7) is 6.39. The van der Waals surface area contributed by atoms with Crippen molar-refractivity contribution >= 4 is 5.84 Å². The van der Waals surface area contributed by atoms with Gasteiger partial charge in [0.15, 0.2) is 0 Å². The van der Waals surface area contributed by atoms with Crippen molar-refractivity contribution in [3.8, 4) is 0 Å². The van der Waals surface area contributed by atoms with E-state index < -0.39 is 0 Å². The summed E-state index contributed by atoms with van der Waals surface area (Å²) < 4.78 is 0. The third kappa shape index (κ3) is 3.35. The van der Waals surface area contributed by atoms with Crippen LogP contribution >= 0.6 is 0 Å². The Kier molecular flexibility index (Phi) is 3.31. The predicted octanol–water partition coefficient (Wildman–Crippen LogP) is 1.15. The highest BCUT2D eigenvalue weighted by molar-refractivity contribution is 5.79. The second-order valence-corrected chi connectivity index (χ2v) is 4.55. The standard InChI is InChI=1S/C10H21N3/c1-7-4-9(7)6-13(3)5-8(2)10(11)12/h7-9H,4-6H2,1-3H3,(H3,11,12). The SMILES string of the molecule is CC(CN(C)CC1CC1C)C(=N)N. The van der Waals surface area contributed by atoms with Gasteiger partial charge < -0.3 is 10.6 Å². The van der Waals surface area contributed by atoms with Crippen molar-refractivity contribution in [3.63, 3.8) is 0 Å². The number of nitrogens with two attached hydrogens (primary N) is 1. The van der Waals surface area contributed by atoms with E-state index in [1.54, 1.807) is 0 Å². The van der Waals surface area contributed by atoms with Crippen molar-refractivity contribution < 1.29 is 0 Å². The van der Waals surface area contributed by atoms with E-state index in [1.807, 2.05) is 6.92 Å². The van der Waals surface area contributed by atoms with Gasteiger partial charge in [-0.3, -0.25) is 5.41 Å². The topological polar surface area (TPSA) is 53.1 Å². The lowest BCUT2D eigenvalue weighted by molar-refractivity contribution is 0.297. The fraction of sp³-hybridized carbons (Fsp3) is 0.900. The van der Waals surface area contributed by atoms with Crippen LogP contribution in [-0.4, -0.2) is 30.9 Å². The molecule has 1 saturated carbocycles. The van der Waals surface area contributed by atoms with Crippen LogP contribution in [0.3, 0.4) is 0 Å². The number of amidine groups is 1. The molecule has 0 saturated heterocycles. The number of hydrogen-bond acceptors (Lipinski definition) is 2. The maximum atomic E-state index is 7.28. The van der Waals surface area contributed by atoms with E-state index >= 15 is 0 Å². The van der Waals surface area contributed by atoms with Gasteiger partial charge in [-0.25, -0.2) is 0 Å². The normalized spacial score (nSPS) is 28.9. The number of nitrogens with one attached hydrogen (secondary N) is 1. The molecule has 0 spiro atoms. The van der Waals surface area contributed by atoms with Crippen LogP contribution in [0.15, 0.2) is 0 Å². The fourth-order valence-corrected chi connectivity index (χ4v) is 1.69. The van der Waals surface area contributed by atoms with E-state index in [4.69, 9.17) is 11.1 Å². The summed E-state index contributed by atoms with van der Waals surface area (Å²) in [5.41, 5.74) is 5.41.